The second kappa shape index (κ2) is 9.93. The van der Waals surface area contributed by atoms with Gasteiger partial charge in [0.1, 0.15) is 12.4 Å². The molecule has 198 valence electrons. The van der Waals surface area contributed by atoms with E-state index in [1.165, 1.54) is 38.5 Å². The van der Waals surface area contributed by atoms with Gasteiger partial charge in [-0.1, -0.05) is 56.3 Å². The second-order valence-corrected chi connectivity index (χ2v) is 13.6. The minimum atomic E-state index is -0.476. The zero-order valence-corrected chi connectivity index (χ0v) is 23.0. The van der Waals surface area contributed by atoms with E-state index in [0.29, 0.717) is 12.0 Å². The van der Waals surface area contributed by atoms with Gasteiger partial charge in [-0.3, -0.25) is 9.59 Å². The molecule has 4 fully saturated rings. The van der Waals surface area contributed by atoms with Crippen LogP contribution in [-0.4, -0.2) is 17.2 Å². The summed E-state index contributed by atoms with van der Waals surface area (Å²) in [5.41, 5.74) is 2.00. The minimum Gasteiger partial charge on any atom is -0.489 e. The lowest BCUT2D eigenvalue weighted by atomic mass is 9.42. The summed E-state index contributed by atoms with van der Waals surface area (Å²) in [6, 6.07) is 17.5. The number of hydrogen-bond donors (Lipinski definition) is 1. The third-order valence-electron chi connectivity index (χ3n) is 9.60. The third-order valence-corrected chi connectivity index (χ3v) is 9.60. The monoisotopic (exact) mass is 501 g/mol. The van der Waals surface area contributed by atoms with Gasteiger partial charge in [-0.25, -0.2) is 0 Å². The first-order valence-electron chi connectivity index (χ1n) is 14.1. The molecular formula is C33H43NO3. The van der Waals surface area contributed by atoms with Crippen LogP contribution in [0.25, 0.3) is 0 Å². The van der Waals surface area contributed by atoms with E-state index in [-0.39, 0.29) is 11.8 Å². The van der Waals surface area contributed by atoms with E-state index in [1.807, 2.05) is 54.6 Å². The van der Waals surface area contributed by atoms with Crippen LogP contribution in [0.15, 0.2) is 54.6 Å². The fraction of sp³-hybridized carbons (Fsp3) is 0.576. The number of nitrogens with one attached hydrogen (secondary N) is 1. The summed E-state index contributed by atoms with van der Waals surface area (Å²) >= 11 is 0. The van der Waals surface area contributed by atoms with Crippen LogP contribution in [0.3, 0.4) is 0 Å². The lowest BCUT2D eigenvalue weighted by Crippen LogP contribution is -2.56. The molecule has 4 saturated carbocycles. The number of ketones is 1. The van der Waals surface area contributed by atoms with Gasteiger partial charge in [-0.15, -0.1) is 0 Å². The van der Waals surface area contributed by atoms with E-state index in [9.17, 15) is 9.59 Å². The standard InChI is InChI=1S/C33H43NO3/c1-31(2,33-18-25-14-26(19-33)16-27(15-25)20-33)22-32(3,4)34-30(36)29(35)17-23-10-12-28(13-11-23)37-21-24-8-6-5-7-9-24/h5-13,25-27H,14-22H2,1-4H3,(H,34,36). The Labute approximate surface area is 222 Å². The number of ether oxygens (including phenoxy) is 1. The number of hydrogen-bond acceptors (Lipinski definition) is 3. The normalized spacial score (nSPS) is 26.6. The van der Waals surface area contributed by atoms with E-state index < -0.39 is 17.2 Å². The second-order valence-electron chi connectivity index (χ2n) is 13.6. The summed E-state index contributed by atoms with van der Waals surface area (Å²) in [6.07, 6.45) is 9.33. The Morgan fingerprint density at radius 2 is 1.41 bits per heavy atom. The van der Waals surface area contributed by atoms with Gasteiger partial charge in [-0.2, -0.15) is 0 Å². The van der Waals surface area contributed by atoms with E-state index in [0.717, 1.165) is 41.1 Å². The summed E-state index contributed by atoms with van der Waals surface area (Å²) in [4.78, 5) is 25.8. The van der Waals surface area contributed by atoms with Crippen LogP contribution in [-0.2, 0) is 22.6 Å². The van der Waals surface area contributed by atoms with Gasteiger partial charge in [-0.05, 0) is 111 Å². The Kier molecular flexibility index (Phi) is 6.98. The van der Waals surface area contributed by atoms with Gasteiger partial charge >= 0.3 is 0 Å². The summed E-state index contributed by atoms with van der Waals surface area (Å²) in [5, 5.41) is 3.10. The Bertz CT molecular complexity index is 1080. The molecular weight excluding hydrogens is 458 g/mol. The minimum absolute atomic E-state index is 0.0965. The van der Waals surface area contributed by atoms with Crippen molar-refractivity contribution in [2.24, 2.45) is 28.6 Å². The van der Waals surface area contributed by atoms with Crippen molar-refractivity contribution >= 4 is 11.7 Å². The van der Waals surface area contributed by atoms with Crippen molar-refractivity contribution in [3.63, 3.8) is 0 Å². The maximum absolute atomic E-state index is 12.9. The average Bonchev–Trinajstić information content (AvgIpc) is 2.82. The molecule has 4 bridgehead atoms. The van der Waals surface area contributed by atoms with Gasteiger partial charge in [0.2, 0.25) is 5.78 Å². The fourth-order valence-corrected chi connectivity index (χ4v) is 8.36. The van der Waals surface area contributed by atoms with E-state index in [2.05, 4.69) is 33.0 Å². The highest BCUT2D eigenvalue weighted by atomic mass is 16.5. The number of carbonyl (C=O) groups excluding carboxylic acids is 2. The lowest BCUT2D eigenvalue weighted by molar-refractivity contribution is -0.141. The summed E-state index contributed by atoms with van der Waals surface area (Å²) in [7, 11) is 0. The van der Waals surface area contributed by atoms with Gasteiger partial charge in [0, 0.05) is 12.0 Å². The van der Waals surface area contributed by atoms with Crippen molar-refractivity contribution in [1.82, 2.24) is 5.32 Å². The van der Waals surface area contributed by atoms with Crippen molar-refractivity contribution in [1.29, 1.82) is 0 Å². The first kappa shape index (κ1) is 26.0. The van der Waals surface area contributed by atoms with Gasteiger partial charge in [0.15, 0.2) is 0 Å². The molecule has 4 heteroatoms. The lowest BCUT2D eigenvalue weighted by Gasteiger charge is -2.63. The molecule has 37 heavy (non-hydrogen) atoms. The van der Waals surface area contributed by atoms with E-state index >= 15 is 0 Å². The topological polar surface area (TPSA) is 55.4 Å². The molecule has 0 spiro atoms. The Hall–Kier alpha value is -2.62. The molecule has 0 heterocycles. The van der Waals surface area contributed by atoms with E-state index in [1.54, 1.807) is 0 Å². The molecule has 1 N–H and O–H groups in total. The Morgan fingerprint density at radius 1 is 0.838 bits per heavy atom. The number of benzene rings is 2. The number of amides is 1. The zero-order chi connectivity index (χ0) is 26.3. The van der Waals surface area contributed by atoms with Crippen LogP contribution in [0.4, 0.5) is 0 Å². The molecule has 6 rings (SSSR count). The van der Waals surface area contributed by atoms with Crippen molar-refractivity contribution in [2.45, 2.75) is 91.2 Å². The van der Waals surface area contributed by atoms with Crippen LogP contribution in [0, 0.1) is 28.6 Å². The van der Waals surface area contributed by atoms with Crippen molar-refractivity contribution in [3.05, 3.63) is 65.7 Å². The molecule has 4 aliphatic rings. The number of rotatable bonds is 10. The third kappa shape index (κ3) is 5.78. The van der Waals surface area contributed by atoms with Crippen LogP contribution < -0.4 is 10.1 Å². The van der Waals surface area contributed by atoms with E-state index in [4.69, 9.17) is 4.74 Å². The highest BCUT2D eigenvalue weighted by molar-refractivity contribution is 6.36. The molecule has 0 unspecified atom stereocenters. The molecule has 0 saturated heterocycles. The van der Waals surface area contributed by atoms with Crippen LogP contribution in [0.5, 0.6) is 5.75 Å². The van der Waals surface area contributed by atoms with Crippen molar-refractivity contribution in [3.8, 4) is 5.75 Å². The number of carbonyl (C=O) groups is 2. The van der Waals surface area contributed by atoms with Crippen LogP contribution in [0.1, 0.15) is 83.8 Å². The largest absolute Gasteiger partial charge is 0.489 e. The molecule has 0 atom stereocenters. The fourth-order valence-electron chi connectivity index (χ4n) is 8.36. The van der Waals surface area contributed by atoms with Gasteiger partial charge < -0.3 is 10.1 Å². The predicted molar refractivity (Wildman–Crippen MR) is 147 cm³/mol. The van der Waals surface area contributed by atoms with Gasteiger partial charge in [0.05, 0.1) is 0 Å². The molecule has 4 nitrogen and oxygen atoms in total. The summed E-state index contributed by atoms with van der Waals surface area (Å²) < 4.78 is 5.83. The molecule has 1 amide bonds. The highest BCUT2D eigenvalue weighted by Gasteiger charge is 2.57. The van der Waals surface area contributed by atoms with Crippen molar-refractivity contribution in [2.75, 3.05) is 0 Å². The summed E-state index contributed by atoms with van der Waals surface area (Å²) in [6.45, 7) is 9.49. The zero-order valence-electron chi connectivity index (χ0n) is 23.0. The molecule has 0 aliphatic heterocycles. The summed E-state index contributed by atoms with van der Waals surface area (Å²) in [5.74, 6) is 2.59. The Balaban J connectivity index is 1.14. The van der Waals surface area contributed by atoms with Gasteiger partial charge in [0.25, 0.3) is 5.91 Å². The first-order valence-corrected chi connectivity index (χ1v) is 14.1. The predicted octanol–water partition coefficient (Wildman–Crippen LogP) is 6.90. The van der Waals surface area contributed by atoms with Crippen LogP contribution >= 0.6 is 0 Å². The molecule has 0 radical (unpaired) electrons. The molecule has 2 aromatic carbocycles. The molecule has 4 aliphatic carbocycles. The SMILES string of the molecule is CC(C)(CC(C)(C)C12CC3CC(CC(C3)C1)C2)NC(=O)C(=O)Cc1ccc(OCc2ccccc2)cc1. The van der Waals surface area contributed by atoms with Crippen LogP contribution in [0.2, 0.25) is 0 Å². The Morgan fingerprint density at radius 3 is 1.97 bits per heavy atom. The van der Waals surface area contributed by atoms with Crippen molar-refractivity contribution < 1.29 is 14.3 Å². The first-order chi connectivity index (χ1) is 17.5. The maximum Gasteiger partial charge on any atom is 0.288 e. The average molecular weight is 502 g/mol. The molecule has 2 aromatic rings. The quantitative estimate of drug-likeness (QED) is 0.360. The highest BCUT2D eigenvalue weighted by Crippen LogP contribution is 2.67. The maximum atomic E-state index is 12.9. The smallest absolute Gasteiger partial charge is 0.288 e. The number of Topliss-reactive ketones (excluding diaryl/α,β-unsaturated/α-hetero) is 1. The molecule has 0 aromatic heterocycles.